The molecule has 0 bridgehead atoms. The smallest absolute Gasteiger partial charge is 0.309 e. The first-order chi connectivity index (χ1) is 19.6. The number of aliphatic carboxylic acids is 2. The number of hydrogen-bond acceptors (Lipinski definition) is 8. The lowest BCUT2D eigenvalue weighted by Crippen LogP contribution is -2.21. The molecular formula is C34H62O10. The summed E-state index contributed by atoms with van der Waals surface area (Å²) in [5, 5.41) is 17.5. The Hall–Kier alpha value is -2.78. The van der Waals surface area contributed by atoms with Crippen LogP contribution in [-0.2, 0) is 38.2 Å². The van der Waals surface area contributed by atoms with Gasteiger partial charge in [0.25, 0.3) is 0 Å². The van der Waals surface area contributed by atoms with Crippen molar-refractivity contribution in [3.63, 3.8) is 0 Å². The third kappa shape index (κ3) is 26.8. The van der Waals surface area contributed by atoms with Crippen molar-refractivity contribution in [1.29, 1.82) is 0 Å². The third-order valence-electron chi connectivity index (χ3n) is 6.74. The van der Waals surface area contributed by atoms with E-state index in [1.54, 1.807) is 20.8 Å². The van der Waals surface area contributed by atoms with Gasteiger partial charge in [0.05, 0.1) is 36.9 Å². The monoisotopic (exact) mass is 630 g/mol. The summed E-state index contributed by atoms with van der Waals surface area (Å²) in [7, 11) is 0. The van der Waals surface area contributed by atoms with E-state index in [9.17, 15) is 28.8 Å². The van der Waals surface area contributed by atoms with E-state index < -0.39 is 35.6 Å². The normalized spacial score (nSPS) is 14.0. The van der Waals surface area contributed by atoms with Crippen molar-refractivity contribution in [3.05, 3.63) is 0 Å². The Morgan fingerprint density at radius 1 is 0.568 bits per heavy atom. The molecule has 0 saturated heterocycles. The fourth-order valence-corrected chi connectivity index (χ4v) is 3.80. The molecule has 0 aromatic heterocycles. The van der Waals surface area contributed by atoms with Gasteiger partial charge in [0.2, 0.25) is 0 Å². The minimum atomic E-state index is -0.999. The Morgan fingerprint density at radius 3 is 1.25 bits per heavy atom. The molecular weight excluding hydrogens is 568 g/mol. The number of ketones is 2. The van der Waals surface area contributed by atoms with E-state index in [-0.39, 0.29) is 67.4 Å². The van der Waals surface area contributed by atoms with Crippen LogP contribution in [0.15, 0.2) is 0 Å². The number of carboxylic acid groups (broad SMARTS) is 2. The molecule has 2 N–H and O–H groups in total. The molecule has 44 heavy (non-hydrogen) atoms. The largest absolute Gasteiger partial charge is 0.481 e. The Labute approximate surface area is 266 Å². The van der Waals surface area contributed by atoms with Crippen molar-refractivity contribution in [2.24, 2.45) is 34.5 Å². The minimum absolute atomic E-state index is 0. The number of Topliss-reactive ketones (excluding diaryl/α,β-unsaturated/α-hetero) is 2. The quantitative estimate of drug-likeness (QED) is 0.111. The van der Waals surface area contributed by atoms with Gasteiger partial charge in [-0.1, -0.05) is 76.7 Å². The van der Waals surface area contributed by atoms with Gasteiger partial charge in [0.1, 0.15) is 11.6 Å². The summed E-state index contributed by atoms with van der Waals surface area (Å²) in [5.41, 5.74) is 0.426. The van der Waals surface area contributed by atoms with Crippen LogP contribution >= 0.6 is 0 Å². The standard InChI is InChI=1S/C17H30O5.C16H28O5.CH4/c1-12(15(19)20)7-8-14(18)11-13(2)16(21)22-10-6-9-17(3,4)5;1-11(14(18)19)9-13(17)10-12(2)15(20)21-8-6-7-16(3,4)5;/h12-13H,6-11H2,1-5H3,(H,19,20);11-12H,6-10H2,1-5H3,(H,18,19);1H4. The highest BCUT2D eigenvalue weighted by Crippen LogP contribution is 2.21. The lowest BCUT2D eigenvalue weighted by molar-refractivity contribution is -0.150. The molecule has 0 aromatic rings. The number of esters is 2. The second-order valence-corrected chi connectivity index (χ2v) is 14.2. The Bertz CT molecular complexity index is 895. The van der Waals surface area contributed by atoms with E-state index in [1.165, 1.54) is 6.92 Å². The molecule has 0 aromatic carbocycles. The number of hydrogen-bond donors (Lipinski definition) is 2. The minimum Gasteiger partial charge on any atom is -0.481 e. The summed E-state index contributed by atoms with van der Waals surface area (Å²) in [4.78, 5) is 68.3. The lowest BCUT2D eigenvalue weighted by Gasteiger charge is -2.18. The maximum Gasteiger partial charge on any atom is 0.309 e. The van der Waals surface area contributed by atoms with Crippen LogP contribution in [0.4, 0.5) is 0 Å². The molecule has 0 aliphatic rings. The molecule has 0 fully saturated rings. The molecule has 4 unspecified atom stereocenters. The topological polar surface area (TPSA) is 161 Å². The fraction of sp³-hybridized carbons (Fsp3) is 0.824. The number of ether oxygens (including phenoxy) is 2. The van der Waals surface area contributed by atoms with Gasteiger partial charge in [0, 0.05) is 25.7 Å². The average Bonchev–Trinajstić information content (AvgIpc) is 2.86. The highest BCUT2D eigenvalue weighted by atomic mass is 16.5. The zero-order valence-electron chi connectivity index (χ0n) is 28.2. The first-order valence-corrected chi connectivity index (χ1v) is 15.4. The van der Waals surface area contributed by atoms with Crippen LogP contribution in [0.25, 0.3) is 0 Å². The predicted octanol–water partition coefficient (Wildman–Crippen LogP) is 7.15. The van der Waals surface area contributed by atoms with Crippen molar-refractivity contribution in [2.75, 3.05) is 13.2 Å². The van der Waals surface area contributed by atoms with E-state index in [2.05, 4.69) is 41.5 Å². The van der Waals surface area contributed by atoms with E-state index >= 15 is 0 Å². The van der Waals surface area contributed by atoms with Crippen LogP contribution in [0, 0.1) is 34.5 Å². The van der Waals surface area contributed by atoms with E-state index in [0.29, 0.717) is 19.6 Å². The number of carbonyl (C=O) groups excluding carboxylic acids is 4. The van der Waals surface area contributed by atoms with Gasteiger partial charge in [-0.25, -0.2) is 0 Å². The molecule has 4 atom stereocenters. The summed E-state index contributed by atoms with van der Waals surface area (Å²) in [6.07, 6.45) is 4.15. The molecule has 10 nitrogen and oxygen atoms in total. The second-order valence-electron chi connectivity index (χ2n) is 14.2. The van der Waals surface area contributed by atoms with Crippen molar-refractivity contribution >= 4 is 35.4 Å². The molecule has 0 amide bonds. The van der Waals surface area contributed by atoms with Crippen molar-refractivity contribution < 1.29 is 48.5 Å². The molecule has 0 spiro atoms. The Kier molecular flexibility index (Phi) is 23.5. The first-order valence-electron chi connectivity index (χ1n) is 15.4. The van der Waals surface area contributed by atoms with E-state index in [1.807, 2.05) is 0 Å². The number of carboxylic acids is 2. The van der Waals surface area contributed by atoms with Crippen LogP contribution in [0.5, 0.6) is 0 Å². The summed E-state index contributed by atoms with van der Waals surface area (Å²) in [5.74, 6) is -5.20. The van der Waals surface area contributed by atoms with Crippen molar-refractivity contribution in [2.45, 2.75) is 134 Å². The maximum atomic E-state index is 11.8. The molecule has 10 heteroatoms. The first kappa shape index (κ1) is 45.6. The van der Waals surface area contributed by atoms with Crippen molar-refractivity contribution in [3.8, 4) is 0 Å². The Morgan fingerprint density at radius 2 is 0.909 bits per heavy atom. The van der Waals surface area contributed by atoms with E-state index in [4.69, 9.17) is 19.7 Å². The van der Waals surface area contributed by atoms with Gasteiger partial charge in [-0.15, -0.1) is 0 Å². The van der Waals surface area contributed by atoms with Gasteiger partial charge in [-0.3, -0.25) is 28.8 Å². The number of rotatable bonds is 19. The third-order valence-corrected chi connectivity index (χ3v) is 6.74. The zero-order valence-corrected chi connectivity index (χ0v) is 28.2. The van der Waals surface area contributed by atoms with Crippen LogP contribution in [0.1, 0.15) is 134 Å². The molecule has 0 saturated carbocycles. The number of carbonyl (C=O) groups is 6. The highest BCUT2D eigenvalue weighted by Gasteiger charge is 2.23. The van der Waals surface area contributed by atoms with Gasteiger partial charge in [0.15, 0.2) is 0 Å². The molecule has 0 radical (unpaired) electrons. The Balaban J connectivity index is -0.000000748. The summed E-state index contributed by atoms with van der Waals surface area (Å²) in [6, 6.07) is 0. The lowest BCUT2D eigenvalue weighted by atomic mass is 9.91. The summed E-state index contributed by atoms with van der Waals surface area (Å²) in [6.45, 7) is 19.9. The van der Waals surface area contributed by atoms with E-state index in [0.717, 1.165) is 25.7 Å². The molecule has 258 valence electrons. The van der Waals surface area contributed by atoms with Crippen LogP contribution in [0.2, 0.25) is 0 Å². The summed E-state index contributed by atoms with van der Waals surface area (Å²) >= 11 is 0. The molecule has 0 aliphatic heterocycles. The average molecular weight is 631 g/mol. The van der Waals surface area contributed by atoms with Gasteiger partial charge < -0.3 is 19.7 Å². The van der Waals surface area contributed by atoms with Crippen LogP contribution in [-0.4, -0.2) is 58.9 Å². The second kappa shape index (κ2) is 22.7. The van der Waals surface area contributed by atoms with Gasteiger partial charge in [-0.2, -0.15) is 0 Å². The molecule has 0 aliphatic carbocycles. The fourth-order valence-electron chi connectivity index (χ4n) is 3.80. The van der Waals surface area contributed by atoms with Crippen LogP contribution < -0.4 is 0 Å². The van der Waals surface area contributed by atoms with Crippen molar-refractivity contribution in [1.82, 2.24) is 0 Å². The van der Waals surface area contributed by atoms with Gasteiger partial charge >= 0.3 is 23.9 Å². The maximum absolute atomic E-state index is 11.8. The van der Waals surface area contributed by atoms with Gasteiger partial charge in [-0.05, 0) is 42.9 Å². The molecule has 0 rings (SSSR count). The molecule has 0 heterocycles. The van der Waals surface area contributed by atoms with Crippen LogP contribution in [0.3, 0.4) is 0 Å². The highest BCUT2D eigenvalue weighted by molar-refractivity contribution is 5.87. The zero-order chi connectivity index (χ0) is 34.0. The SMILES string of the molecule is C.CC(CC(=O)CC(C)C(=O)OCCCC(C)(C)C)C(=O)O.CC(CCC(=O)CC(C)C(=O)OCCCC(C)(C)C)C(=O)O. The summed E-state index contributed by atoms with van der Waals surface area (Å²) < 4.78 is 10.3. The predicted molar refractivity (Wildman–Crippen MR) is 171 cm³/mol.